The summed E-state index contributed by atoms with van der Waals surface area (Å²) in [5.41, 5.74) is 2.36. The van der Waals surface area contributed by atoms with Crippen LogP contribution in [-0.4, -0.2) is 27.2 Å². The summed E-state index contributed by atoms with van der Waals surface area (Å²) in [7, 11) is 0. The SMILES string of the molecule is CCNC(=O)c1cc(C(C)C)nc2c1cnn2C(C)C. The van der Waals surface area contributed by atoms with Gasteiger partial charge < -0.3 is 5.32 Å². The van der Waals surface area contributed by atoms with E-state index in [1.165, 1.54) is 0 Å². The lowest BCUT2D eigenvalue weighted by atomic mass is 10.0. The van der Waals surface area contributed by atoms with Crippen LogP contribution in [0.25, 0.3) is 11.0 Å². The van der Waals surface area contributed by atoms with Gasteiger partial charge in [0.1, 0.15) is 0 Å². The predicted molar refractivity (Wildman–Crippen MR) is 80.0 cm³/mol. The summed E-state index contributed by atoms with van der Waals surface area (Å²) in [6.07, 6.45) is 1.73. The summed E-state index contributed by atoms with van der Waals surface area (Å²) in [5, 5.41) is 8.04. The van der Waals surface area contributed by atoms with Crippen molar-refractivity contribution in [2.75, 3.05) is 6.54 Å². The molecule has 0 aliphatic carbocycles. The maximum Gasteiger partial charge on any atom is 0.252 e. The van der Waals surface area contributed by atoms with Gasteiger partial charge in [-0.25, -0.2) is 9.67 Å². The van der Waals surface area contributed by atoms with Gasteiger partial charge >= 0.3 is 0 Å². The van der Waals surface area contributed by atoms with E-state index in [2.05, 4.69) is 43.1 Å². The zero-order valence-corrected chi connectivity index (χ0v) is 12.8. The number of carbonyl (C=O) groups excluding carboxylic acids is 1. The van der Waals surface area contributed by atoms with Crippen molar-refractivity contribution in [1.82, 2.24) is 20.1 Å². The second-order valence-corrected chi connectivity index (χ2v) is 5.53. The molecule has 0 aliphatic rings. The van der Waals surface area contributed by atoms with Gasteiger partial charge in [0.05, 0.1) is 17.1 Å². The minimum atomic E-state index is -0.0647. The molecular weight excluding hydrogens is 252 g/mol. The highest BCUT2D eigenvalue weighted by Gasteiger charge is 2.18. The number of rotatable bonds is 4. The fraction of sp³-hybridized carbons (Fsp3) is 0.533. The fourth-order valence-electron chi connectivity index (χ4n) is 2.15. The molecule has 0 spiro atoms. The molecule has 2 heterocycles. The third-order valence-electron chi connectivity index (χ3n) is 3.25. The van der Waals surface area contributed by atoms with Crippen molar-refractivity contribution in [3.05, 3.63) is 23.5 Å². The highest BCUT2D eigenvalue weighted by atomic mass is 16.1. The van der Waals surface area contributed by atoms with Crippen molar-refractivity contribution in [3.8, 4) is 0 Å². The number of carbonyl (C=O) groups is 1. The first-order valence-corrected chi connectivity index (χ1v) is 7.12. The van der Waals surface area contributed by atoms with E-state index >= 15 is 0 Å². The number of amides is 1. The minimum absolute atomic E-state index is 0.0647. The molecule has 0 unspecified atom stereocenters. The average Bonchev–Trinajstić information content (AvgIpc) is 2.81. The number of nitrogens with one attached hydrogen (secondary N) is 1. The van der Waals surface area contributed by atoms with Gasteiger partial charge in [-0.05, 0) is 32.8 Å². The quantitative estimate of drug-likeness (QED) is 0.932. The van der Waals surface area contributed by atoms with E-state index in [1.54, 1.807) is 6.20 Å². The van der Waals surface area contributed by atoms with Gasteiger partial charge in [0.25, 0.3) is 5.91 Å². The monoisotopic (exact) mass is 274 g/mol. The maximum absolute atomic E-state index is 12.2. The highest BCUT2D eigenvalue weighted by molar-refractivity contribution is 6.05. The summed E-state index contributed by atoms with van der Waals surface area (Å²) < 4.78 is 1.87. The number of fused-ring (bicyclic) bond motifs is 1. The molecule has 0 aliphatic heterocycles. The Bertz CT molecular complexity index is 628. The van der Waals surface area contributed by atoms with Crippen LogP contribution >= 0.6 is 0 Å². The molecule has 1 amide bonds. The zero-order chi connectivity index (χ0) is 14.9. The smallest absolute Gasteiger partial charge is 0.252 e. The van der Waals surface area contributed by atoms with E-state index in [9.17, 15) is 4.79 Å². The van der Waals surface area contributed by atoms with Crippen LogP contribution in [-0.2, 0) is 0 Å². The molecule has 2 rings (SSSR count). The Morgan fingerprint density at radius 3 is 2.60 bits per heavy atom. The molecular formula is C15H22N4O. The van der Waals surface area contributed by atoms with Gasteiger partial charge in [-0.3, -0.25) is 4.79 Å². The van der Waals surface area contributed by atoms with E-state index in [0.29, 0.717) is 12.1 Å². The Labute approximate surface area is 119 Å². The molecule has 0 atom stereocenters. The summed E-state index contributed by atoms with van der Waals surface area (Å²) in [5.74, 6) is 0.202. The third-order valence-corrected chi connectivity index (χ3v) is 3.25. The minimum Gasteiger partial charge on any atom is -0.352 e. The predicted octanol–water partition coefficient (Wildman–Crippen LogP) is 2.89. The number of aromatic nitrogens is 3. The molecule has 0 radical (unpaired) electrons. The molecule has 108 valence electrons. The van der Waals surface area contributed by atoms with Gasteiger partial charge in [-0.2, -0.15) is 5.10 Å². The molecule has 20 heavy (non-hydrogen) atoms. The third kappa shape index (κ3) is 2.53. The van der Waals surface area contributed by atoms with Gasteiger partial charge in [0, 0.05) is 18.3 Å². The fourth-order valence-corrected chi connectivity index (χ4v) is 2.15. The lowest BCUT2D eigenvalue weighted by molar-refractivity contribution is 0.0957. The van der Waals surface area contributed by atoms with Crippen LogP contribution in [0.3, 0.4) is 0 Å². The summed E-state index contributed by atoms with van der Waals surface area (Å²) >= 11 is 0. The highest BCUT2D eigenvalue weighted by Crippen LogP contribution is 2.24. The second-order valence-electron chi connectivity index (χ2n) is 5.53. The zero-order valence-electron chi connectivity index (χ0n) is 12.8. The van der Waals surface area contributed by atoms with E-state index in [1.807, 2.05) is 17.7 Å². The van der Waals surface area contributed by atoms with E-state index < -0.39 is 0 Å². The number of nitrogens with zero attached hydrogens (tertiary/aromatic N) is 3. The average molecular weight is 274 g/mol. The Morgan fingerprint density at radius 2 is 2.05 bits per heavy atom. The Balaban J connectivity index is 2.69. The molecule has 2 aromatic rings. The molecule has 1 N–H and O–H groups in total. The van der Waals surface area contributed by atoms with Crippen molar-refractivity contribution in [1.29, 1.82) is 0 Å². The van der Waals surface area contributed by atoms with E-state index in [0.717, 1.165) is 16.7 Å². The van der Waals surface area contributed by atoms with Crippen LogP contribution in [0.5, 0.6) is 0 Å². The molecule has 0 bridgehead atoms. The van der Waals surface area contributed by atoms with Crippen molar-refractivity contribution in [3.63, 3.8) is 0 Å². The maximum atomic E-state index is 12.2. The van der Waals surface area contributed by atoms with Crippen molar-refractivity contribution < 1.29 is 4.79 Å². The van der Waals surface area contributed by atoms with Gasteiger partial charge in [0.2, 0.25) is 0 Å². The van der Waals surface area contributed by atoms with Crippen LogP contribution in [0.15, 0.2) is 12.3 Å². The van der Waals surface area contributed by atoms with Crippen LogP contribution in [0.4, 0.5) is 0 Å². The molecule has 5 nitrogen and oxygen atoms in total. The summed E-state index contributed by atoms with van der Waals surface area (Å²) in [6.45, 7) is 10.8. The van der Waals surface area contributed by atoms with Gasteiger partial charge in [-0.1, -0.05) is 13.8 Å². The normalized spacial score (nSPS) is 11.6. The molecule has 2 aromatic heterocycles. The second kappa shape index (κ2) is 5.61. The Hall–Kier alpha value is -1.91. The van der Waals surface area contributed by atoms with Crippen LogP contribution in [0, 0.1) is 0 Å². The Morgan fingerprint density at radius 1 is 1.35 bits per heavy atom. The first kappa shape index (κ1) is 14.5. The molecule has 0 aromatic carbocycles. The summed E-state index contributed by atoms with van der Waals surface area (Å²) in [6, 6.07) is 2.09. The number of hydrogen-bond donors (Lipinski definition) is 1. The molecule has 0 fully saturated rings. The van der Waals surface area contributed by atoms with Crippen molar-refractivity contribution >= 4 is 16.9 Å². The topological polar surface area (TPSA) is 59.8 Å². The Kier molecular flexibility index (Phi) is 4.06. The molecule has 0 saturated heterocycles. The standard InChI is InChI=1S/C15H22N4O/c1-6-16-15(20)11-7-13(9(2)3)18-14-12(11)8-17-19(14)10(4)5/h7-10H,6H2,1-5H3,(H,16,20). The van der Waals surface area contributed by atoms with Crippen molar-refractivity contribution in [2.45, 2.75) is 46.6 Å². The first-order chi connectivity index (χ1) is 9.45. The number of pyridine rings is 1. The van der Waals surface area contributed by atoms with Crippen LogP contribution in [0.1, 0.15) is 62.6 Å². The lowest BCUT2D eigenvalue weighted by Crippen LogP contribution is -2.23. The molecule has 0 saturated carbocycles. The lowest BCUT2D eigenvalue weighted by Gasteiger charge is -2.12. The summed E-state index contributed by atoms with van der Waals surface area (Å²) in [4.78, 5) is 16.9. The first-order valence-electron chi connectivity index (χ1n) is 7.12. The van der Waals surface area contributed by atoms with Gasteiger partial charge in [-0.15, -0.1) is 0 Å². The van der Waals surface area contributed by atoms with Crippen LogP contribution < -0.4 is 5.32 Å². The van der Waals surface area contributed by atoms with Crippen LogP contribution in [0.2, 0.25) is 0 Å². The number of hydrogen-bond acceptors (Lipinski definition) is 3. The van der Waals surface area contributed by atoms with Gasteiger partial charge in [0.15, 0.2) is 5.65 Å². The van der Waals surface area contributed by atoms with E-state index in [4.69, 9.17) is 0 Å². The van der Waals surface area contributed by atoms with E-state index in [-0.39, 0.29) is 17.9 Å². The van der Waals surface area contributed by atoms with Crippen molar-refractivity contribution in [2.24, 2.45) is 0 Å². The largest absolute Gasteiger partial charge is 0.352 e. The molecule has 5 heteroatoms.